The number of aromatic nitrogens is 1. The number of hydrogen-bond acceptors (Lipinski definition) is 4. The average molecular weight is 461 g/mol. The molecule has 0 spiro atoms. The Hall–Kier alpha value is -3.17. The van der Waals surface area contributed by atoms with Gasteiger partial charge in [0, 0.05) is 17.4 Å². The van der Waals surface area contributed by atoms with Crippen LogP contribution in [0.15, 0.2) is 48.5 Å². The molecule has 0 bridgehead atoms. The number of esters is 1. The predicted molar refractivity (Wildman–Crippen MR) is 116 cm³/mol. The Bertz CT molecular complexity index is 1200. The Labute approximate surface area is 186 Å². The number of carbonyl (C=O) groups is 2. The minimum atomic E-state index is -2.00. The number of ether oxygens (including phenoxy) is 1. The highest BCUT2D eigenvalue weighted by molar-refractivity contribution is 7.78. The molecule has 3 aromatic rings. The molecule has 2 aromatic carbocycles. The van der Waals surface area contributed by atoms with Crippen molar-refractivity contribution in [3.8, 4) is 16.9 Å². The first kappa shape index (κ1) is 23.5. The van der Waals surface area contributed by atoms with Crippen molar-refractivity contribution >= 4 is 22.8 Å². The van der Waals surface area contributed by atoms with Crippen LogP contribution in [0.25, 0.3) is 16.9 Å². The zero-order valence-electron chi connectivity index (χ0n) is 17.6. The molecule has 168 valence electrons. The van der Waals surface area contributed by atoms with Crippen LogP contribution in [0.2, 0.25) is 0 Å². The van der Waals surface area contributed by atoms with Crippen LogP contribution in [-0.2, 0) is 26.4 Å². The van der Waals surface area contributed by atoms with Crippen LogP contribution in [0.4, 0.5) is 8.78 Å². The zero-order valence-corrected chi connectivity index (χ0v) is 18.4. The van der Waals surface area contributed by atoms with Gasteiger partial charge in [0.15, 0.2) is 22.7 Å². The highest BCUT2D eigenvalue weighted by atomic mass is 32.2. The lowest BCUT2D eigenvalue weighted by atomic mass is 10.1. The molecule has 1 N–H and O–H groups in total. The third-order valence-corrected chi connectivity index (χ3v) is 5.30. The van der Waals surface area contributed by atoms with Crippen LogP contribution in [0.5, 0.6) is 0 Å². The van der Waals surface area contributed by atoms with Gasteiger partial charge in [-0.3, -0.25) is 4.79 Å². The fourth-order valence-electron chi connectivity index (χ4n) is 3.30. The minimum absolute atomic E-state index is 0.0473. The monoisotopic (exact) mass is 461 g/mol. The van der Waals surface area contributed by atoms with Crippen LogP contribution >= 0.6 is 0 Å². The van der Waals surface area contributed by atoms with Gasteiger partial charge >= 0.3 is 5.97 Å². The van der Waals surface area contributed by atoms with Crippen molar-refractivity contribution in [1.82, 2.24) is 4.57 Å². The lowest BCUT2D eigenvalue weighted by molar-refractivity contribution is -0.141. The summed E-state index contributed by atoms with van der Waals surface area (Å²) in [6.07, 6.45) is -0.482. The summed E-state index contributed by atoms with van der Waals surface area (Å²) in [5.41, 5.74) is 2.34. The van der Waals surface area contributed by atoms with Gasteiger partial charge in [0.25, 0.3) is 5.78 Å². The molecule has 1 unspecified atom stereocenters. The summed E-state index contributed by atoms with van der Waals surface area (Å²) in [7, 11) is 0. The molecule has 0 fully saturated rings. The van der Waals surface area contributed by atoms with Crippen LogP contribution in [0.1, 0.15) is 35.5 Å². The molecule has 1 aromatic heterocycles. The molecule has 9 heteroatoms. The number of hydrogen-bond donors (Lipinski definition) is 1. The number of benzene rings is 2. The molecule has 32 heavy (non-hydrogen) atoms. The van der Waals surface area contributed by atoms with Gasteiger partial charge in [-0.2, -0.15) is 0 Å². The van der Waals surface area contributed by atoms with Crippen LogP contribution in [0, 0.1) is 18.6 Å². The maximum absolute atomic E-state index is 14.0. The van der Waals surface area contributed by atoms with Crippen molar-refractivity contribution in [1.29, 1.82) is 0 Å². The standard InChI is InChI=1S/C23H21F2NO5S/c1-13(2)31-23(28)22(27)18-11-21(16-6-4-15(5-7-16)12-32(29)30)26(14(18)3)17-8-9-19(24)20(25)10-17/h4-11,13H,12H2,1-3H3,(H,29,30). The first-order chi connectivity index (χ1) is 15.1. The molecule has 0 aliphatic heterocycles. The molecule has 0 radical (unpaired) electrons. The average Bonchev–Trinajstić information content (AvgIpc) is 3.06. The first-order valence-corrected chi connectivity index (χ1v) is 11.0. The van der Waals surface area contributed by atoms with Crippen LogP contribution in [0.3, 0.4) is 0 Å². The molecular formula is C23H21F2NO5S. The van der Waals surface area contributed by atoms with E-state index in [1.54, 1.807) is 45.0 Å². The Morgan fingerprint density at radius 3 is 2.28 bits per heavy atom. The summed E-state index contributed by atoms with van der Waals surface area (Å²) in [6, 6.07) is 11.5. The van der Waals surface area contributed by atoms with Gasteiger partial charge in [0.05, 0.1) is 23.1 Å². The molecular weight excluding hydrogens is 440 g/mol. The fourth-order valence-corrected chi connectivity index (χ4v) is 3.78. The van der Waals surface area contributed by atoms with E-state index in [4.69, 9.17) is 9.29 Å². The second-order valence-electron chi connectivity index (χ2n) is 7.41. The SMILES string of the molecule is Cc1c(C(=O)C(=O)OC(C)C)cc(-c2ccc(CS(=O)O)cc2)n1-c1ccc(F)c(F)c1. The van der Waals surface area contributed by atoms with E-state index in [0.29, 0.717) is 22.5 Å². The van der Waals surface area contributed by atoms with Crippen molar-refractivity contribution in [3.05, 3.63) is 77.0 Å². The van der Waals surface area contributed by atoms with Gasteiger partial charge in [0.2, 0.25) is 0 Å². The number of Topliss-reactive ketones (excluding diaryl/α,β-unsaturated/α-hetero) is 1. The van der Waals surface area contributed by atoms with E-state index < -0.39 is 40.6 Å². The summed E-state index contributed by atoms with van der Waals surface area (Å²) >= 11 is -2.00. The maximum atomic E-state index is 14.0. The number of carbonyl (C=O) groups excluding carboxylic acids is 2. The van der Waals surface area contributed by atoms with Crippen molar-refractivity contribution in [2.45, 2.75) is 32.6 Å². The molecule has 0 saturated carbocycles. The van der Waals surface area contributed by atoms with Crippen LogP contribution < -0.4 is 0 Å². The van der Waals surface area contributed by atoms with E-state index in [9.17, 15) is 22.6 Å². The van der Waals surface area contributed by atoms with E-state index >= 15 is 0 Å². The fraction of sp³-hybridized carbons (Fsp3) is 0.217. The number of ketones is 1. The van der Waals surface area contributed by atoms with Gasteiger partial charge in [-0.15, -0.1) is 0 Å². The largest absolute Gasteiger partial charge is 0.457 e. The molecule has 1 atom stereocenters. The second kappa shape index (κ2) is 9.54. The van der Waals surface area contributed by atoms with Gasteiger partial charge in [-0.05, 0) is 50.1 Å². The third kappa shape index (κ3) is 5.00. The first-order valence-electron chi connectivity index (χ1n) is 9.68. The summed E-state index contributed by atoms with van der Waals surface area (Å²) in [6.45, 7) is 4.83. The van der Waals surface area contributed by atoms with Gasteiger partial charge < -0.3 is 13.9 Å². The quantitative estimate of drug-likeness (QED) is 0.241. The van der Waals surface area contributed by atoms with Gasteiger partial charge in [-0.1, -0.05) is 24.3 Å². The van der Waals surface area contributed by atoms with E-state index in [0.717, 1.165) is 12.1 Å². The van der Waals surface area contributed by atoms with Gasteiger partial charge in [-0.25, -0.2) is 17.8 Å². The lowest BCUT2D eigenvalue weighted by Gasteiger charge is -2.13. The zero-order chi connectivity index (χ0) is 23.6. The molecule has 0 saturated heterocycles. The molecule has 0 aliphatic carbocycles. The summed E-state index contributed by atoms with van der Waals surface area (Å²) in [5, 5.41) is 0. The minimum Gasteiger partial charge on any atom is -0.457 e. The maximum Gasteiger partial charge on any atom is 0.379 e. The highest BCUT2D eigenvalue weighted by Gasteiger charge is 2.26. The van der Waals surface area contributed by atoms with Crippen molar-refractivity contribution in [3.63, 3.8) is 0 Å². The lowest BCUT2D eigenvalue weighted by Crippen LogP contribution is -2.21. The normalized spacial score (nSPS) is 12.1. The number of halogens is 2. The Morgan fingerprint density at radius 2 is 1.72 bits per heavy atom. The van der Waals surface area contributed by atoms with Gasteiger partial charge in [0.1, 0.15) is 0 Å². The van der Waals surface area contributed by atoms with E-state index in [1.165, 1.54) is 16.7 Å². The summed E-state index contributed by atoms with van der Waals surface area (Å²) in [4.78, 5) is 24.9. The van der Waals surface area contributed by atoms with Crippen molar-refractivity contribution in [2.75, 3.05) is 0 Å². The third-order valence-electron chi connectivity index (χ3n) is 4.72. The number of nitrogens with zero attached hydrogens (tertiary/aromatic N) is 1. The van der Waals surface area contributed by atoms with Crippen LogP contribution in [-0.4, -0.2) is 31.2 Å². The predicted octanol–water partition coefficient (Wildman–Crippen LogP) is 4.59. The van der Waals surface area contributed by atoms with E-state index in [2.05, 4.69) is 0 Å². The molecule has 3 rings (SSSR count). The van der Waals surface area contributed by atoms with E-state index in [1.807, 2.05) is 0 Å². The smallest absolute Gasteiger partial charge is 0.379 e. The Kier molecular flexibility index (Phi) is 7.00. The second-order valence-corrected chi connectivity index (χ2v) is 8.34. The molecule has 0 aliphatic rings. The summed E-state index contributed by atoms with van der Waals surface area (Å²) < 4.78 is 54.1. The topological polar surface area (TPSA) is 85.6 Å². The molecule has 0 amide bonds. The van der Waals surface area contributed by atoms with Crippen molar-refractivity contribution < 1.29 is 31.9 Å². The Balaban J connectivity index is 2.16. The highest BCUT2D eigenvalue weighted by Crippen LogP contribution is 2.31. The molecule has 6 nitrogen and oxygen atoms in total. The molecule has 1 heterocycles. The van der Waals surface area contributed by atoms with E-state index in [-0.39, 0.29) is 17.0 Å². The summed E-state index contributed by atoms with van der Waals surface area (Å²) in [5.74, 6) is -3.99. The Morgan fingerprint density at radius 1 is 1.06 bits per heavy atom. The van der Waals surface area contributed by atoms with Crippen molar-refractivity contribution in [2.24, 2.45) is 0 Å². The number of rotatable bonds is 7.